The average molecular weight is 269 g/mol. The van der Waals surface area contributed by atoms with Crippen LogP contribution < -0.4 is 4.90 Å². The molecule has 0 saturated heterocycles. The monoisotopic (exact) mass is 269 g/mol. The van der Waals surface area contributed by atoms with Gasteiger partial charge in [-0.05, 0) is 45.4 Å². The third-order valence-corrected chi connectivity index (χ3v) is 3.23. The third-order valence-electron chi connectivity index (χ3n) is 3.23. The standard InChI is InChI=1S/C15H24FNO2/c1-10(2)17(6-7-19-5)15-8-11(3)14(16)9-13(15)12(4)18/h8-10,12,18H,6-7H2,1-5H3/t12-/m0/s1. The van der Waals surface area contributed by atoms with Crippen LogP contribution in [0.4, 0.5) is 10.1 Å². The largest absolute Gasteiger partial charge is 0.389 e. The fourth-order valence-electron chi connectivity index (χ4n) is 2.11. The zero-order chi connectivity index (χ0) is 14.6. The highest BCUT2D eigenvalue weighted by atomic mass is 19.1. The number of aliphatic hydroxyl groups is 1. The number of halogens is 1. The molecule has 0 bridgehead atoms. The van der Waals surface area contributed by atoms with E-state index in [1.54, 1.807) is 27.0 Å². The molecule has 0 unspecified atom stereocenters. The molecule has 108 valence electrons. The minimum atomic E-state index is -0.700. The molecule has 0 spiro atoms. The lowest BCUT2D eigenvalue weighted by Crippen LogP contribution is -2.34. The number of rotatable bonds is 6. The van der Waals surface area contributed by atoms with Gasteiger partial charge in [-0.2, -0.15) is 0 Å². The van der Waals surface area contributed by atoms with Gasteiger partial charge in [0.2, 0.25) is 0 Å². The van der Waals surface area contributed by atoms with Crippen molar-refractivity contribution in [1.82, 2.24) is 0 Å². The summed E-state index contributed by atoms with van der Waals surface area (Å²) >= 11 is 0. The number of hydrogen-bond donors (Lipinski definition) is 1. The van der Waals surface area contributed by atoms with Crippen molar-refractivity contribution in [2.45, 2.75) is 39.8 Å². The van der Waals surface area contributed by atoms with Gasteiger partial charge in [0.25, 0.3) is 0 Å². The van der Waals surface area contributed by atoms with Crippen molar-refractivity contribution >= 4 is 5.69 Å². The van der Waals surface area contributed by atoms with Crippen molar-refractivity contribution < 1.29 is 14.2 Å². The van der Waals surface area contributed by atoms with Gasteiger partial charge >= 0.3 is 0 Å². The maximum atomic E-state index is 13.7. The first kappa shape index (κ1) is 15.9. The number of nitrogens with zero attached hydrogens (tertiary/aromatic N) is 1. The van der Waals surface area contributed by atoms with Crippen molar-refractivity contribution in [3.63, 3.8) is 0 Å². The maximum Gasteiger partial charge on any atom is 0.126 e. The lowest BCUT2D eigenvalue weighted by atomic mass is 10.0. The Kier molecular flexibility index (Phi) is 5.76. The summed E-state index contributed by atoms with van der Waals surface area (Å²) in [7, 11) is 1.66. The lowest BCUT2D eigenvalue weighted by molar-refractivity contribution is 0.196. The molecule has 0 radical (unpaired) electrons. The van der Waals surface area contributed by atoms with E-state index in [0.717, 1.165) is 5.69 Å². The summed E-state index contributed by atoms with van der Waals surface area (Å²) in [5.74, 6) is -0.282. The molecule has 0 aliphatic heterocycles. The summed E-state index contributed by atoms with van der Waals surface area (Å²) in [5, 5.41) is 9.85. The van der Waals surface area contributed by atoms with Gasteiger partial charge in [0.1, 0.15) is 5.82 Å². The van der Waals surface area contributed by atoms with E-state index < -0.39 is 6.10 Å². The average Bonchev–Trinajstić information content (AvgIpc) is 2.32. The second kappa shape index (κ2) is 6.87. The molecule has 0 amide bonds. The number of methoxy groups -OCH3 is 1. The summed E-state index contributed by atoms with van der Waals surface area (Å²) < 4.78 is 18.8. The Hall–Kier alpha value is -1.13. The molecule has 1 atom stereocenters. The van der Waals surface area contributed by atoms with Crippen LogP contribution in [0.2, 0.25) is 0 Å². The smallest absolute Gasteiger partial charge is 0.126 e. The molecule has 0 heterocycles. The SMILES string of the molecule is COCCN(c1cc(C)c(F)cc1[C@H](C)O)C(C)C. The van der Waals surface area contributed by atoms with Crippen LogP contribution in [0, 0.1) is 12.7 Å². The molecule has 0 aliphatic carbocycles. The summed E-state index contributed by atoms with van der Waals surface area (Å²) in [4.78, 5) is 2.12. The van der Waals surface area contributed by atoms with Crippen LogP contribution in [-0.4, -0.2) is 31.4 Å². The van der Waals surface area contributed by atoms with Crippen LogP contribution in [0.25, 0.3) is 0 Å². The van der Waals surface area contributed by atoms with Crippen LogP contribution in [0.1, 0.15) is 38.0 Å². The van der Waals surface area contributed by atoms with Crippen molar-refractivity contribution in [1.29, 1.82) is 0 Å². The van der Waals surface area contributed by atoms with Gasteiger partial charge in [-0.25, -0.2) is 4.39 Å². The normalized spacial score (nSPS) is 12.8. The number of benzene rings is 1. The number of hydrogen-bond acceptors (Lipinski definition) is 3. The minimum absolute atomic E-state index is 0.248. The first-order valence-electron chi connectivity index (χ1n) is 6.62. The van der Waals surface area contributed by atoms with Gasteiger partial charge in [-0.15, -0.1) is 0 Å². The second-order valence-corrected chi connectivity index (χ2v) is 5.12. The van der Waals surface area contributed by atoms with Crippen LogP contribution in [0.5, 0.6) is 0 Å². The fraction of sp³-hybridized carbons (Fsp3) is 0.600. The molecule has 0 fully saturated rings. The van der Waals surface area contributed by atoms with Gasteiger partial charge < -0.3 is 14.7 Å². The molecule has 0 saturated carbocycles. The van der Waals surface area contributed by atoms with Crippen molar-refractivity contribution in [3.8, 4) is 0 Å². The minimum Gasteiger partial charge on any atom is -0.389 e. The third kappa shape index (κ3) is 3.91. The molecule has 1 aromatic carbocycles. The summed E-state index contributed by atoms with van der Waals surface area (Å²) in [6.45, 7) is 8.83. The fourth-order valence-corrected chi connectivity index (χ4v) is 2.11. The Labute approximate surface area is 115 Å². The number of aryl methyl sites for hydroxylation is 1. The Bertz CT molecular complexity index is 419. The predicted molar refractivity (Wildman–Crippen MR) is 76.1 cm³/mol. The van der Waals surface area contributed by atoms with Gasteiger partial charge in [-0.3, -0.25) is 0 Å². The van der Waals surface area contributed by atoms with E-state index in [1.165, 1.54) is 6.07 Å². The van der Waals surface area contributed by atoms with E-state index in [4.69, 9.17) is 4.74 Å². The zero-order valence-electron chi connectivity index (χ0n) is 12.4. The first-order chi connectivity index (χ1) is 8.88. The van der Waals surface area contributed by atoms with Crippen LogP contribution >= 0.6 is 0 Å². The van der Waals surface area contributed by atoms with E-state index in [9.17, 15) is 9.50 Å². The lowest BCUT2D eigenvalue weighted by Gasteiger charge is -2.32. The number of ether oxygens (including phenoxy) is 1. The van der Waals surface area contributed by atoms with Crippen molar-refractivity contribution in [2.75, 3.05) is 25.2 Å². The highest BCUT2D eigenvalue weighted by Crippen LogP contribution is 2.30. The highest BCUT2D eigenvalue weighted by molar-refractivity contribution is 5.57. The Balaban J connectivity index is 3.23. The van der Waals surface area contributed by atoms with Crippen LogP contribution in [0.15, 0.2) is 12.1 Å². The van der Waals surface area contributed by atoms with Gasteiger partial charge in [0, 0.05) is 30.9 Å². The maximum absolute atomic E-state index is 13.7. The van der Waals surface area contributed by atoms with E-state index in [-0.39, 0.29) is 11.9 Å². The molecule has 0 aliphatic rings. The first-order valence-corrected chi connectivity index (χ1v) is 6.62. The van der Waals surface area contributed by atoms with E-state index in [2.05, 4.69) is 18.7 Å². The molecule has 19 heavy (non-hydrogen) atoms. The van der Waals surface area contributed by atoms with Crippen LogP contribution in [0.3, 0.4) is 0 Å². The van der Waals surface area contributed by atoms with Gasteiger partial charge in [-0.1, -0.05) is 0 Å². The molecular formula is C15H24FNO2. The number of aliphatic hydroxyl groups excluding tert-OH is 1. The van der Waals surface area contributed by atoms with Gasteiger partial charge in [0.15, 0.2) is 0 Å². The Morgan fingerprint density at radius 2 is 1.95 bits per heavy atom. The Morgan fingerprint density at radius 3 is 2.42 bits per heavy atom. The predicted octanol–water partition coefficient (Wildman–Crippen LogP) is 3.05. The zero-order valence-corrected chi connectivity index (χ0v) is 12.4. The molecule has 3 nitrogen and oxygen atoms in total. The van der Waals surface area contributed by atoms with Crippen molar-refractivity contribution in [2.24, 2.45) is 0 Å². The Morgan fingerprint density at radius 1 is 1.32 bits per heavy atom. The van der Waals surface area contributed by atoms with E-state index in [0.29, 0.717) is 24.3 Å². The summed E-state index contributed by atoms with van der Waals surface area (Å²) in [6, 6.07) is 3.47. The van der Waals surface area contributed by atoms with Crippen molar-refractivity contribution in [3.05, 3.63) is 29.1 Å². The van der Waals surface area contributed by atoms with Crippen LogP contribution in [-0.2, 0) is 4.74 Å². The highest BCUT2D eigenvalue weighted by Gasteiger charge is 2.19. The van der Waals surface area contributed by atoms with Gasteiger partial charge in [0.05, 0.1) is 12.7 Å². The van der Waals surface area contributed by atoms with E-state index >= 15 is 0 Å². The quantitative estimate of drug-likeness (QED) is 0.861. The number of anilines is 1. The molecule has 0 aromatic heterocycles. The van der Waals surface area contributed by atoms with E-state index in [1.807, 2.05) is 0 Å². The molecular weight excluding hydrogens is 245 g/mol. The second-order valence-electron chi connectivity index (χ2n) is 5.12. The summed E-state index contributed by atoms with van der Waals surface area (Å²) in [6.07, 6.45) is -0.700. The molecule has 1 aromatic rings. The topological polar surface area (TPSA) is 32.7 Å². The summed E-state index contributed by atoms with van der Waals surface area (Å²) in [5.41, 5.74) is 2.08. The molecule has 1 rings (SSSR count). The molecule has 4 heteroatoms. The molecule has 1 N–H and O–H groups in total.